The van der Waals surface area contributed by atoms with Crippen molar-refractivity contribution < 1.29 is 17.6 Å². The van der Waals surface area contributed by atoms with E-state index >= 15 is 0 Å². The first-order valence-corrected chi connectivity index (χ1v) is 6.00. The van der Waals surface area contributed by atoms with Crippen LogP contribution in [0.1, 0.15) is 37.4 Å². The average Bonchev–Trinajstić information content (AvgIpc) is 2.26. The highest BCUT2D eigenvalue weighted by Crippen LogP contribution is 2.36. The molecule has 1 aromatic carbocycles. The lowest BCUT2D eigenvalue weighted by Gasteiger charge is -2.22. The van der Waals surface area contributed by atoms with E-state index in [1.165, 1.54) is 0 Å². The number of halogens is 4. The number of alkyl halides is 3. The van der Waals surface area contributed by atoms with E-state index in [2.05, 4.69) is 11.9 Å². The van der Waals surface area contributed by atoms with E-state index in [1.807, 2.05) is 0 Å². The van der Waals surface area contributed by atoms with Gasteiger partial charge in [-0.3, -0.25) is 0 Å². The Balaban J connectivity index is 3.26. The number of hydrogen-bond acceptors (Lipinski definition) is 1. The molecule has 0 aliphatic carbocycles. The lowest BCUT2D eigenvalue weighted by Crippen LogP contribution is -2.24. The molecule has 19 heavy (non-hydrogen) atoms. The first kappa shape index (κ1) is 15.7. The molecule has 1 atom stereocenters. The maximum absolute atomic E-state index is 13.3. The molecule has 0 amide bonds. The molecule has 0 aliphatic heterocycles. The molecule has 1 nitrogen and oxygen atoms in total. The van der Waals surface area contributed by atoms with E-state index in [1.54, 1.807) is 13.8 Å². The molecule has 0 fully saturated rings. The van der Waals surface area contributed by atoms with Gasteiger partial charge in [-0.25, -0.2) is 4.39 Å². The maximum Gasteiger partial charge on any atom is 0.416 e. The van der Waals surface area contributed by atoms with Crippen LogP contribution in [0, 0.1) is 5.82 Å². The molecule has 5 heteroatoms. The Kier molecular flexibility index (Phi) is 5.11. The van der Waals surface area contributed by atoms with Crippen LogP contribution in [-0.4, -0.2) is 6.54 Å². The minimum atomic E-state index is -4.49. The summed E-state index contributed by atoms with van der Waals surface area (Å²) in [4.78, 5) is 0. The monoisotopic (exact) mass is 275 g/mol. The summed E-state index contributed by atoms with van der Waals surface area (Å²) < 4.78 is 52.1. The summed E-state index contributed by atoms with van der Waals surface area (Å²) in [6.07, 6.45) is -4.16. The first-order chi connectivity index (χ1) is 8.75. The van der Waals surface area contributed by atoms with Gasteiger partial charge in [0.1, 0.15) is 5.82 Å². The Hall–Kier alpha value is -1.36. The molecule has 0 aromatic heterocycles. The fourth-order valence-electron chi connectivity index (χ4n) is 1.97. The Morgan fingerprint density at radius 2 is 2.00 bits per heavy atom. The molecule has 0 heterocycles. The summed E-state index contributed by atoms with van der Waals surface area (Å²) in [5.41, 5.74) is -0.137. The zero-order valence-electron chi connectivity index (χ0n) is 10.9. The van der Waals surface area contributed by atoms with E-state index in [0.29, 0.717) is 13.0 Å². The van der Waals surface area contributed by atoms with Gasteiger partial charge in [-0.15, -0.1) is 6.58 Å². The van der Waals surface area contributed by atoms with Crippen molar-refractivity contribution in [3.8, 4) is 0 Å². The normalized spacial score (nSPS) is 13.4. The van der Waals surface area contributed by atoms with Crippen LogP contribution < -0.4 is 5.32 Å². The van der Waals surface area contributed by atoms with Gasteiger partial charge >= 0.3 is 6.18 Å². The van der Waals surface area contributed by atoms with Crippen LogP contribution in [-0.2, 0) is 6.18 Å². The van der Waals surface area contributed by atoms with Gasteiger partial charge in [0.05, 0.1) is 5.56 Å². The quantitative estimate of drug-likeness (QED) is 0.618. The maximum atomic E-state index is 13.3. The highest BCUT2D eigenvalue weighted by Gasteiger charge is 2.35. The summed E-state index contributed by atoms with van der Waals surface area (Å²) in [6.45, 7) is 7.72. The van der Waals surface area contributed by atoms with Crippen molar-refractivity contribution in [3.63, 3.8) is 0 Å². The zero-order chi connectivity index (χ0) is 14.6. The molecule has 0 saturated carbocycles. The summed E-state index contributed by atoms with van der Waals surface area (Å²) in [5.74, 6) is -0.674. The molecule has 1 rings (SSSR count). The van der Waals surface area contributed by atoms with Gasteiger partial charge in [0.2, 0.25) is 0 Å². The predicted octanol–water partition coefficient (Wildman–Crippen LogP) is 4.46. The summed E-state index contributed by atoms with van der Waals surface area (Å²) >= 11 is 0. The first-order valence-electron chi connectivity index (χ1n) is 6.00. The molecule has 106 valence electrons. The smallest absolute Gasteiger partial charge is 0.310 e. The summed E-state index contributed by atoms with van der Waals surface area (Å²) in [7, 11) is 0. The third kappa shape index (κ3) is 4.35. The van der Waals surface area contributed by atoms with Crippen LogP contribution in [0.3, 0.4) is 0 Å². The highest BCUT2D eigenvalue weighted by atomic mass is 19.4. The Labute approximate surface area is 110 Å². The zero-order valence-corrected chi connectivity index (χ0v) is 10.9. The Morgan fingerprint density at radius 3 is 2.47 bits per heavy atom. The van der Waals surface area contributed by atoms with Gasteiger partial charge < -0.3 is 5.32 Å². The second kappa shape index (κ2) is 6.19. The molecule has 1 N–H and O–H groups in total. The Bertz CT molecular complexity index is 451. The number of hydrogen-bond donors (Lipinski definition) is 1. The highest BCUT2D eigenvalue weighted by molar-refractivity contribution is 5.34. The van der Waals surface area contributed by atoms with Crippen molar-refractivity contribution in [2.45, 2.75) is 32.5 Å². The largest absolute Gasteiger partial charge is 0.416 e. The summed E-state index contributed by atoms with van der Waals surface area (Å²) in [6, 6.07) is 1.97. The predicted molar refractivity (Wildman–Crippen MR) is 67.3 cm³/mol. The number of benzene rings is 1. The molecule has 0 spiro atoms. The van der Waals surface area contributed by atoms with Crippen LogP contribution >= 0.6 is 0 Å². The second-order valence-electron chi connectivity index (χ2n) is 4.50. The topological polar surface area (TPSA) is 12.0 Å². The van der Waals surface area contributed by atoms with Crippen LogP contribution in [0.4, 0.5) is 17.6 Å². The lowest BCUT2D eigenvalue weighted by atomic mass is 9.95. The summed E-state index contributed by atoms with van der Waals surface area (Å²) in [5, 5.41) is 2.94. The standard InChI is InChI=1S/C14H17F4N/c1-4-19-13(7-9(2)3)11-8-10(15)5-6-12(11)14(16,17)18/h5-6,8,13,19H,2,4,7H2,1,3H3. The molecule has 0 saturated heterocycles. The minimum Gasteiger partial charge on any atom is -0.310 e. The molecule has 1 unspecified atom stereocenters. The van der Waals surface area contributed by atoms with Crippen LogP contribution in [0.5, 0.6) is 0 Å². The lowest BCUT2D eigenvalue weighted by molar-refractivity contribution is -0.138. The van der Waals surface area contributed by atoms with Gasteiger partial charge in [-0.2, -0.15) is 13.2 Å². The van der Waals surface area contributed by atoms with Gasteiger partial charge in [0.15, 0.2) is 0 Å². The van der Waals surface area contributed by atoms with E-state index < -0.39 is 23.6 Å². The van der Waals surface area contributed by atoms with E-state index in [4.69, 9.17) is 0 Å². The van der Waals surface area contributed by atoms with E-state index in [-0.39, 0.29) is 5.56 Å². The van der Waals surface area contributed by atoms with Crippen molar-refractivity contribution >= 4 is 0 Å². The third-order valence-corrected chi connectivity index (χ3v) is 2.70. The molecular weight excluding hydrogens is 258 g/mol. The SMILES string of the molecule is C=C(C)CC(NCC)c1cc(F)ccc1C(F)(F)F. The fraction of sp³-hybridized carbons (Fsp3) is 0.429. The van der Waals surface area contributed by atoms with Crippen molar-refractivity contribution in [2.24, 2.45) is 0 Å². The minimum absolute atomic E-state index is 0.0719. The van der Waals surface area contributed by atoms with E-state index in [9.17, 15) is 17.6 Å². The number of nitrogens with one attached hydrogen (secondary N) is 1. The third-order valence-electron chi connectivity index (χ3n) is 2.70. The average molecular weight is 275 g/mol. The van der Waals surface area contributed by atoms with Crippen molar-refractivity contribution in [1.82, 2.24) is 5.32 Å². The molecule has 0 radical (unpaired) electrons. The van der Waals surface area contributed by atoms with Crippen LogP contribution in [0.2, 0.25) is 0 Å². The number of rotatable bonds is 5. The molecule has 1 aromatic rings. The van der Waals surface area contributed by atoms with Crippen LogP contribution in [0.25, 0.3) is 0 Å². The van der Waals surface area contributed by atoms with Crippen molar-refractivity contribution in [3.05, 3.63) is 47.3 Å². The fourth-order valence-corrected chi connectivity index (χ4v) is 1.97. The van der Waals surface area contributed by atoms with Crippen molar-refractivity contribution in [1.29, 1.82) is 0 Å². The molecular formula is C14H17F4N. The van der Waals surface area contributed by atoms with Gasteiger partial charge in [0.25, 0.3) is 0 Å². The molecule has 0 bridgehead atoms. The Morgan fingerprint density at radius 1 is 1.37 bits per heavy atom. The van der Waals surface area contributed by atoms with E-state index in [0.717, 1.165) is 23.8 Å². The van der Waals surface area contributed by atoms with Crippen molar-refractivity contribution in [2.75, 3.05) is 6.54 Å². The van der Waals surface area contributed by atoms with Gasteiger partial charge in [0, 0.05) is 6.04 Å². The second-order valence-corrected chi connectivity index (χ2v) is 4.50. The van der Waals surface area contributed by atoms with Gasteiger partial charge in [-0.05, 0) is 43.7 Å². The van der Waals surface area contributed by atoms with Gasteiger partial charge in [-0.1, -0.05) is 12.5 Å². The van der Waals surface area contributed by atoms with Crippen LogP contribution in [0.15, 0.2) is 30.4 Å². The molecule has 0 aliphatic rings.